The van der Waals surface area contributed by atoms with Crippen LogP contribution in [0, 0.1) is 11.6 Å². The summed E-state index contributed by atoms with van der Waals surface area (Å²) in [5.74, 6) is -2.05. The van der Waals surface area contributed by atoms with E-state index in [4.69, 9.17) is 11.6 Å². The van der Waals surface area contributed by atoms with Crippen LogP contribution in [-0.4, -0.2) is 10.2 Å². The van der Waals surface area contributed by atoms with E-state index in [1.807, 2.05) is 0 Å². The van der Waals surface area contributed by atoms with Crippen molar-refractivity contribution in [2.75, 3.05) is 0 Å². The largest absolute Gasteiger partial charge is 0.507 e. The van der Waals surface area contributed by atoms with E-state index >= 15 is 0 Å². The molecule has 0 heterocycles. The highest BCUT2D eigenvalue weighted by Crippen LogP contribution is 2.42. The maximum Gasteiger partial charge on any atom is 0.150 e. The van der Waals surface area contributed by atoms with Crippen LogP contribution < -0.4 is 0 Å². The number of aromatic hydroxyl groups is 2. The van der Waals surface area contributed by atoms with Crippen LogP contribution in [0.4, 0.5) is 8.78 Å². The molecule has 0 radical (unpaired) electrons. The summed E-state index contributed by atoms with van der Waals surface area (Å²) in [4.78, 5) is 0. The minimum atomic E-state index is -0.868. The molecular formula is C18H11ClF2O2. The lowest BCUT2D eigenvalue weighted by atomic mass is 9.97. The first kappa shape index (κ1) is 15.3. The van der Waals surface area contributed by atoms with Crippen LogP contribution in [0.2, 0.25) is 5.02 Å². The third kappa shape index (κ3) is 2.62. The van der Waals surface area contributed by atoms with E-state index in [-0.39, 0.29) is 33.8 Å². The molecule has 0 aromatic heterocycles. The van der Waals surface area contributed by atoms with Crippen LogP contribution in [0.5, 0.6) is 11.5 Å². The summed E-state index contributed by atoms with van der Waals surface area (Å²) >= 11 is 6.00. The zero-order valence-corrected chi connectivity index (χ0v) is 12.5. The fraction of sp³-hybridized carbons (Fsp3) is 0. The molecule has 3 aromatic carbocycles. The van der Waals surface area contributed by atoms with Gasteiger partial charge in [-0.3, -0.25) is 0 Å². The van der Waals surface area contributed by atoms with E-state index in [0.29, 0.717) is 0 Å². The molecule has 0 fully saturated rings. The van der Waals surface area contributed by atoms with Gasteiger partial charge in [0, 0.05) is 22.3 Å². The first-order valence-corrected chi connectivity index (χ1v) is 7.12. The Morgan fingerprint density at radius 2 is 1.26 bits per heavy atom. The highest BCUT2D eigenvalue weighted by molar-refractivity contribution is 6.34. The van der Waals surface area contributed by atoms with Crippen LogP contribution in [0.15, 0.2) is 54.6 Å². The van der Waals surface area contributed by atoms with Gasteiger partial charge >= 0.3 is 0 Å². The molecule has 0 spiro atoms. The molecule has 0 aliphatic heterocycles. The van der Waals surface area contributed by atoms with Crippen molar-refractivity contribution >= 4 is 11.6 Å². The molecule has 0 bridgehead atoms. The summed E-state index contributed by atoms with van der Waals surface area (Å²) in [6, 6.07) is 12.9. The Kier molecular flexibility index (Phi) is 3.92. The van der Waals surface area contributed by atoms with Gasteiger partial charge in [-0.25, -0.2) is 8.78 Å². The third-order valence-electron chi connectivity index (χ3n) is 3.53. The first-order chi connectivity index (χ1) is 11.0. The van der Waals surface area contributed by atoms with Gasteiger partial charge in [-0.05, 0) is 18.2 Å². The SMILES string of the molecule is Oc1ccccc1-c1cc(F)c(-c2ccccc2O)c(Cl)c1F. The van der Waals surface area contributed by atoms with Crippen LogP contribution in [0.1, 0.15) is 0 Å². The Morgan fingerprint density at radius 3 is 1.83 bits per heavy atom. The number of phenolic OH excluding ortho intramolecular Hbond substituents is 2. The lowest BCUT2D eigenvalue weighted by Gasteiger charge is -2.13. The van der Waals surface area contributed by atoms with Crippen molar-refractivity contribution in [1.29, 1.82) is 0 Å². The van der Waals surface area contributed by atoms with Gasteiger partial charge in [0.05, 0.1) is 5.02 Å². The summed E-state index contributed by atoms with van der Waals surface area (Å²) in [5.41, 5.74) is -0.140. The summed E-state index contributed by atoms with van der Waals surface area (Å²) < 4.78 is 29.2. The number of benzene rings is 3. The average molecular weight is 333 g/mol. The zero-order valence-electron chi connectivity index (χ0n) is 11.7. The van der Waals surface area contributed by atoms with E-state index < -0.39 is 16.7 Å². The summed E-state index contributed by atoms with van der Waals surface area (Å²) in [6.07, 6.45) is 0. The Balaban J connectivity index is 2.27. The normalized spacial score (nSPS) is 10.7. The lowest BCUT2D eigenvalue weighted by Crippen LogP contribution is -1.95. The Hall–Kier alpha value is -2.59. The fourth-order valence-corrected chi connectivity index (χ4v) is 2.72. The lowest BCUT2D eigenvalue weighted by molar-refractivity contribution is 0.475. The molecule has 3 aromatic rings. The second kappa shape index (κ2) is 5.89. The number of phenols is 2. The summed E-state index contributed by atoms with van der Waals surface area (Å²) in [7, 11) is 0. The van der Waals surface area contributed by atoms with E-state index in [9.17, 15) is 19.0 Å². The minimum absolute atomic E-state index is 0.0951. The van der Waals surface area contributed by atoms with Gasteiger partial charge in [-0.2, -0.15) is 0 Å². The average Bonchev–Trinajstić information content (AvgIpc) is 2.53. The molecule has 0 amide bonds. The maximum absolute atomic E-state index is 14.6. The second-order valence-corrected chi connectivity index (χ2v) is 5.32. The molecule has 23 heavy (non-hydrogen) atoms. The molecule has 0 aliphatic carbocycles. The van der Waals surface area contributed by atoms with Crippen molar-refractivity contribution in [3.8, 4) is 33.8 Å². The van der Waals surface area contributed by atoms with Gasteiger partial charge in [0.15, 0.2) is 5.82 Å². The monoisotopic (exact) mass is 332 g/mol. The zero-order chi connectivity index (χ0) is 16.6. The van der Waals surface area contributed by atoms with Crippen molar-refractivity contribution < 1.29 is 19.0 Å². The highest BCUT2D eigenvalue weighted by atomic mass is 35.5. The number of halogens is 3. The van der Waals surface area contributed by atoms with E-state index in [0.717, 1.165) is 6.07 Å². The smallest absolute Gasteiger partial charge is 0.150 e. The predicted octanol–water partition coefficient (Wildman–Crippen LogP) is 5.36. The molecule has 0 aliphatic rings. The first-order valence-electron chi connectivity index (χ1n) is 6.75. The Morgan fingerprint density at radius 1 is 0.739 bits per heavy atom. The van der Waals surface area contributed by atoms with Crippen LogP contribution in [0.25, 0.3) is 22.3 Å². The maximum atomic E-state index is 14.6. The minimum Gasteiger partial charge on any atom is -0.507 e. The number of hydrogen-bond acceptors (Lipinski definition) is 2. The van der Waals surface area contributed by atoms with Crippen molar-refractivity contribution in [2.45, 2.75) is 0 Å². The summed E-state index contributed by atoms with van der Waals surface area (Å²) in [5, 5.41) is 19.2. The van der Waals surface area contributed by atoms with Gasteiger partial charge < -0.3 is 10.2 Å². The quantitative estimate of drug-likeness (QED) is 0.620. The standard InChI is InChI=1S/C18H11ClF2O2/c19-17-16(11-6-2-4-8-15(11)23)13(20)9-12(18(17)21)10-5-1-3-7-14(10)22/h1-9,22-23H. The van der Waals surface area contributed by atoms with Gasteiger partial charge in [0.1, 0.15) is 17.3 Å². The second-order valence-electron chi connectivity index (χ2n) is 4.94. The Bertz CT molecular complexity index is 894. The molecule has 0 atom stereocenters. The Labute approximate surface area is 136 Å². The van der Waals surface area contributed by atoms with Crippen molar-refractivity contribution in [3.63, 3.8) is 0 Å². The van der Waals surface area contributed by atoms with Crippen LogP contribution in [0.3, 0.4) is 0 Å². The molecule has 0 saturated carbocycles. The molecule has 116 valence electrons. The molecule has 2 N–H and O–H groups in total. The van der Waals surface area contributed by atoms with Crippen molar-refractivity contribution in [1.82, 2.24) is 0 Å². The summed E-state index contributed by atoms with van der Waals surface area (Å²) in [6.45, 7) is 0. The van der Waals surface area contributed by atoms with Crippen LogP contribution in [-0.2, 0) is 0 Å². The third-order valence-corrected chi connectivity index (χ3v) is 3.88. The van der Waals surface area contributed by atoms with E-state index in [2.05, 4.69) is 0 Å². The predicted molar refractivity (Wildman–Crippen MR) is 85.6 cm³/mol. The highest BCUT2D eigenvalue weighted by Gasteiger charge is 2.22. The number of para-hydroxylation sites is 2. The molecule has 3 rings (SSSR count). The van der Waals surface area contributed by atoms with Crippen molar-refractivity contribution in [3.05, 3.63) is 71.3 Å². The fourth-order valence-electron chi connectivity index (χ4n) is 2.42. The number of rotatable bonds is 2. The van der Waals surface area contributed by atoms with Gasteiger partial charge in [0.25, 0.3) is 0 Å². The molecule has 0 unspecified atom stereocenters. The topological polar surface area (TPSA) is 40.5 Å². The van der Waals surface area contributed by atoms with Crippen molar-refractivity contribution in [2.24, 2.45) is 0 Å². The van der Waals surface area contributed by atoms with Gasteiger partial charge in [-0.1, -0.05) is 48.0 Å². The molecule has 0 saturated heterocycles. The number of hydrogen-bond donors (Lipinski definition) is 2. The molecule has 2 nitrogen and oxygen atoms in total. The van der Waals surface area contributed by atoms with Gasteiger partial charge in [-0.15, -0.1) is 0 Å². The van der Waals surface area contributed by atoms with E-state index in [1.54, 1.807) is 24.3 Å². The molecular weight excluding hydrogens is 322 g/mol. The van der Waals surface area contributed by atoms with Gasteiger partial charge in [0.2, 0.25) is 0 Å². The molecule has 5 heteroatoms. The van der Waals surface area contributed by atoms with Crippen LogP contribution >= 0.6 is 11.6 Å². The van der Waals surface area contributed by atoms with E-state index in [1.165, 1.54) is 24.3 Å².